The fraction of sp³-hybridized carbons (Fsp3) is 0.250. The number of nitrogens with zero attached hydrogens (tertiary/aromatic N) is 1. The van der Waals surface area contributed by atoms with Crippen molar-refractivity contribution < 1.29 is 33.3 Å². The Kier molecular flexibility index (Phi) is 7.38. The molecule has 1 aliphatic rings. The minimum Gasteiger partial charge on any atom is -0.494 e. The molecule has 1 heterocycles. The lowest BCUT2D eigenvalue weighted by molar-refractivity contribution is -0.134. The van der Waals surface area contributed by atoms with E-state index in [0.29, 0.717) is 17.7 Å². The Morgan fingerprint density at radius 1 is 1.00 bits per heavy atom. The van der Waals surface area contributed by atoms with Gasteiger partial charge in [-0.1, -0.05) is 19.4 Å². The molecule has 0 saturated carbocycles. The van der Waals surface area contributed by atoms with E-state index in [9.17, 15) is 14.4 Å². The van der Waals surface area contributed by atoms with Gasteiger partial charge in [-0.05, 0) is 54.5 Å². The molecule has 0 amide bonds. The minimum absolute atomic E-state index is 0.0521. The number of unbranched alkanes of at least 4 members (excludes halogenated alkanes) is 1. The third kappa shape index (κ3) is 6.04. The van der Waals surface area contributed by atoms with Gasteiger partial charge in [0.05, 0.1) is 6.61 Å². The smallest absolute Gasteiger partial charge is 0.363 e. The van der Waals surface area contributed by atoms with Gasteiger partial charge in [0, 0.05) is 19.4 Å². The predicted molar refractivity (Wildman–Crippen MR) is 117 cm³/mol. The molecule has 0 fully saturated rings. The number of benzene rings is 2. The van der Waals surface area contributed by atoms with Crippen LogP contribution in [0.4, 0.5) is 0 Å². The molecule has 3 rings (SSSR count). The highest BCUT2D eigenvalue weighted by Gasteiger charge is 2.24. The first kappa shape index (κ1) is 22.7. The van der Waals surface area contributed by atoms with Crippen molar-refractivity contribution in [1.82, 2.24) is 0 Å². The van der Waals surface area contributed by atoms with E-state index in [1.54, 1.807) is 30.3 Å². The highest BCUT2D eigenvalue weighted by atomic mass is 16.6. The molecule has 0 atom stereocenters. The monoisotopic (exact) mass is 437 g/mol. The molecule has 0 spiro atoms. The number of ether oxygens (including phenoxy) is 4. The van der Waals surface area contributed by atoms with Gasteiger partial charge in [-0.3, -0.25) is 9.59 Å². The first-order valence-electron chi connectivity index (χ1n) is 10.1. The fourth-order valence-corrected chi connectivity index (χ4v) is 2.81. The number of cyclic esters (lactones) is 1. The van der Waals surface area contributed by atoms with E-state index in [2.05, 4.69) is 11.9 Å². The first-order valence-corrected chi connectivity index (χ1v) is 10.1. The number of carbonyl (C=O) groups is 3. The number of hydrogen-bond donors (Lipinski definition) is 0. The van der Waals surface area contributed by atoms with E-state index < -0.39 is 17.9 Å². The summed E-state index contributed by atoms with van der Waals surface area (Å²) in [6.07, 6.45) is 3.51. The van der Waals surface area contributed by atoms with Crippen LogP contribution in [0.15, 0.2) is 53.2 Å². The first-order chi connectivity index (χ1) is 15.4. The summed E-state index contributed by atoms with van der Waals surface area (Å²) < 4.78 is 21.1. The van der Waals surface area contributed by atoms with Crippen molar-refractivity contribution in [3.63, 3.8) is 0 Å². The summed E-state index contributed by atoms with van der Waals surface area (Å²) in [4.78, 5) is 39.2. The number of rotatable bonds is 8. The fourth-order valence-electron chi connectivity index (χ4n) is 2.81. The van der Waals surface area contributed by atoms with Gasteiger partial charge >= 0.3 is 17.9 Å². The number of aliphatic imine (C=N–C) groups is 1. The Morgan fingerprint density at radius 3 is 2.34 bits per heavy atom. The van der Waals surface area contributed by atoms with Crippen LogP contribution < -0.4 is 14.2 Å². The molecule has 166 valence electrons. The van der Waals surface area contributed by atoms with Crippen molar-refractivity contribution in [2.24, 2.45) is 4.99 Å². The van der Waals surface area contributed by atoms with Crippen molar-refractivity contribution in [1.29, 1.82) is 0 Å². The molecule has 0 bridgehead atoms. The van der Waals surface area contributed by atoms with Gasteiger partial charge < -0.3 is 18.9 Å². The molecule has 0 unspecified atom stereocenters. The highest BCUT2D eigenvalue weighted by Crippen LogP contribution is 2.30. The molecule has 2 aromatic rings. The molecular weight excluding hydrogens is 414 g/mol. The van der Waals surface area contributed by atoms with Crippen LogP contribution in [0.2, 0.25) is 0 Å². The van der Waals surface area contributed by atoms with E-state index in [0.717, 1.165) is 18.6 Å². The maximum atomic E-state index is 12.3. The minimum atomic E-state index is -0.610. The van der Waals surface area contributed by atoms with Crippen LogP contribution >= 0.6 is 0 Å². The summed E-state index contributed by atoms with van der Waals surface area (Å²) in [7, 11) is 0. The maximum absolute atomic E-state index is 12.3. The Balaban J connectivity index is 1.81. The Morgan fingerprint density at radius 2 is 1.69 bits per heavy atom. The number of hydrogen-bond acceptors (Lipinski definition) is 8. The Hall–Kier alpha value is -3.94. The topological polar surface area (TPSA) is 100 Å². The summed E-state index contributed by atoms with van der Waals surface area (Å²) in [5, 5.41) is 0. The summed E-state index contributed by atoms with van der Waals surface area (Å²) in [5.41, 5.74) is 1.22. The van der Waals surface area contributed by atoms with Crippen LogP contribution in [0.3, 0.4) is 0 Å². The Labute approximate surface area is 185 Å². The lowest BCUT2D eigenvalue weighted by Crippen LogP contribution is -2.07. The normalized spacial score (nSPS) is 14.0. The second-order valence-corrected chi connectivity index (χ2v) is 6.96. The van der Waals surface area contributed by atoms with Crippen LogP contribution in [0.5, 0.6) is 17.2 Å². The van der Waals surface area contributed by atoms with E-state index in [4.69, 9.17) is 18.9 Å². The van der Waals surface area contributed by atoms with Crippen LogP contribution in [0.1, 0.15) is 44.7 Å². The quantitative estimate of drug-likeness (QED) is 0.266. The van der Waals surface area contributed by atoms with E-state index in [-0.39, 0.29) is 23.1 Å². The third-order valence-corrected chi connectivity index (χ3v) is 4.27. The van der Waals surface area contributed by atoms with Gasteiger partial charge in [-0.2, -0.15) is 0 Å². The van der Waals surface area contributed by atoms with Crippen LogP contribution in [0, 0.1) is 0 Å². The van der Waals surface area contributed by atoms with Crippen LogP contribution in [0.25, 0.3) is 6.08 Å². The van der Waals surface area contributed by atoms with Crippen molar-refractivity contribution in [2.75, 3.05) is 6.61 Å². The Bertz CT molecular complexity index is 1080. The standard InChI is InChI=1S/C24H23NO7/c1-4-5-12-29-19-9-7-18(8-10-19)23-25-20(24(28)32-23)13-17-6-11-21(30-15(2)26)22(14-17)31-16(3)27/h6-11,13-14H,4-5,12H2,1-3H3/b20-13-. The molecule has 32 heavy (non-hydrogen) atoms. The van der Waals surface area contributed by atoms with Gasteiger partial charge in [0.25, 0.3) is 0 Å². The van der Waals surface area contributed by atoms with Crippen molar-refractivity contribution >= 4 is 29.9 Å². The lowest BCUT2D eigenvalue weighted by atomic mass is 10.1. The van der Waals surface area contributed by atoms with E-state index >= 15 is 0 Å². The van der Waals surface area contributed by atoms with E-state index in [1.165, 1.54) is 32.1 Å². The molecule has 0 aromatic heterocycles. The maximum Gasteiger partial charge on any atom is 0.363 e. The number of esters is 3. The van der Waals surface area contributed by atoms with Crippen LogP contribution in [-0.2, 0) is 19.1 Å². The third-order valence-electron chi connectivity index (χ3n) is 4.27. The van der Waals surface area contributed by atoms with Gasteiger partial charge in [0.1, 0.15) is 5.75 Å². The molecule has 8 nitrogen and oxygen atoms in total. The summed E-state index contributed by atoms with van der Waals surface area (Å²) in [5.74, 6) is -0.690. The second-order valence-electron chi connectivity index (χ2n) is 6.96. The zero-order valence-corrected chi connectivity index (χ0v) is 18.0. The molecule has 0 N–H and O–H groups in total. The van der Waals surface area contributed by atoms with Crippen molar-refractivity contribution in [3.8, 4) is 17.2 Å². The lowest BCUT2D eigenvalue weighted by Gasteiger charge is -2.09. The summed E-state index contributed by atoms with van der Waals surface area (Å²) in [6, 6.07) is 11.7. The SMILES string of the molecule is CCCCOc1ccc(C2=N/C(=C\c3ccc(OC(C)=O)c(OC(C)=O)c3)C(=O)O2)cc1. The molecule has 8 heteroatoms. The molecule has 0 saturated heterocycles. The molecule has 0 radical (unpaired) electrons. The summed E-state index contributed by atoms with van der Waals surface area (Å²) >= 11 is 0. The average molecular weight is 437 g/mol. The van der Waals surface area contributed by atoms with Gasteiger partial charge in [0.2, 0.25) is 5.90 Å². The van der Waals surface area contributed by atoms with Crippen molar-refractivity contribution in [2.45, 2.75) is 33.6 Å². The molecule has 1 aliphatic heterocycles. The van der Waals surface area contributed by atoms with Gasteiger partial charge in [0.15, 0.2) is 17.2 Å². The zero-order valence-electron chi connectivity index (χ0n) is 18.0. The largest absolute Gasteiger partial charge is 0.494 e. The zero-order chi connectivity index (χ0) is 23.1. The predicted octanol–water partition coefficient (Wildman–Crippen LogP) is 4.06. The van der Waals surface area contributed by atoms with Crippen LogP contribution in [-0.4, -0.2) is 30.4 Å². The number of carbonyl (C=O) groups excluding carboxylic acids is 3. The van der Waals surface area contributed by atoms with Gasteiger partial charge in [-0.15, -0.1) is 0 Å². The van der Waals surface area contributed by atoms with E-state index in [1.807, 2.05) is 0 Å². The second kappa shape index (κ2) is 10.4. The summed E-state index contributed by atoms with van der Waals surface area (Å²) in [6.45, 7) is 5.20. The molecular formula is C24H23NO7. The average Bonchev–Trinajstić information content (AvgIpc) is 3.10. The van der Waals surface area contributed by atoms with Crippen molar-refractivity contribution in [3.05, 3.63) is 59.3 Å². The molecule has 2 aromatic carbocycles. The highest BCUT2D eigenvalue weighted by molar-refractivity contribution is 6.12. The molecule has 0 aliphatic carbocycles. The van der Waals surface area contributed by atoms with Gasteiger partial charge in [-0.25, -0.2) is 9.79 Å².